The van der Waals surface area contributed by atoms with Crippen molar-refractivity contribution < 1.29 is 9.90 Å². The fourth-order valence-electron chi connectivity index (χ4n) is 0.869. The zero-order valence-electron chi connectivity index (χ0n) is 6.36. The molecular weight excluding hydrogens is 176 g/mol. The lowest BCUT2D eigenvalue weighted by Gasteiger charge is -2.04. The Bertz CT molecular complexity index is 285. The smallest absolute Gasteiger partial charge is 0.305 e. The molecule has 0 saturated heterocycles. The number of nitrogens with two attached hydrogens (primary N) is 2. The predicted octanol–water partition coefficient (Wildman–Crippen LogP) is 0.805. The Morgan fingerprint density at radius 2 is 2.42 bits per heavy atom. The van der Waals surface area contributed by atoms with Crippen LogP contribution in [0.2, 0.25) is 0 Å². The summed E-state index contributed by atoms with van der Waals surface area (Å²) >= 11 is 1.36. The molecule has 1 heterocycles. The van der Waals surface area contributed by atoms with E-state index in [1.165, 1.54) is 11.3 Å². The van der Waals surface area contributed by atoms with E-state index in [1.54, 1.807) is 11.4 Å². The average molecular weight is 186 g/mol. The van der Waals surface area contributed by atoms with Gasteiger partial charge in [0.15, 0.2) is 0 Å². The van der Waals surface area contributed by atoms with E-state index in [9.17, 15) is 4.79 Å². The zero-order chi connectivity index (χ0) is 9.14. The summed E-state index contributed by atoms with van der Waals surface area (Å²) in [5.41, 5.74) is 11.8. The summed E-state index contributed by atoms with van der Waals surface area (Å²) in [6.07, 6.45) is -0.0594. The summed E-state index contributed by atoms with van der Waals surface area (Å²) in [4.78, 5) is 10.3. The van der Waals surface area contributed by atoms with Gasteiger partial charge in [0.25, 0.3) is 0 Å². The molecule has 5 N–H and O–H groups in total. The van der Waals surface area contributed by atoms with Crippen LogP contribution < -0.4 is 11.5 Å². The van der Waals surface area contributed by atoms with Crippen LogP contribution in [0.3, 0.4) is 0 Å². The molecule has 1 rings (SSSR count). The third kappa shape index (κ3) is 2.21. The minimum Gasteiger partial charge on any atom is -0.481 e. The second-order valence-corrected chi connectivity index (χ2v) is 3.43. The van der Waals surface area contributed by atoms with Gasteiger partial charge in [-0.25, -0.2) is 0 Å². The third-order valence-corrected chi connectivity index (χ3v) is 2.24. The molecule has 4 nitrogen and oxygen atoms in total. The fourth-order valence-corrected chi connectivity index (χ4v) is 1.59. The number of nitrogen functional groups attached to an aromatic ring is 1. The number of thiophene rings is 1. The fraction of sp³-hybridized carbons (Fsp3) is 0.286. The van der Waals surface area contributed by atoms with Crippen LogP contribution in [0.25, 0.3) is 0 Å². The topological polar surface area (TPSA) is 89.3 Å². The van der Waals surface area contributed by atoms with Crippen LogP contribution in [0.1, 0.15) is 18.0 Å². The van der Waals surface area contributed by atoms with Crippen molar-refractivity contribution in [1.82, 2.24) is 0 Å². The minimum atomic E-state index is -0.896. The summed E-state index contributed by atoms with van der Waals surface area (Å²) in [5.74, 6) is -0.896. The van der Waals surface area contributed by atoms with E-state index in [-0.39, 0.29) is 6.42 Å². The normalized spacial score (nSPS) is 12.8. The molecule has 0 spiro atoms. The lowest BCUT2D eigenvalue weighted by Crippen LogP contribution is -2.14. The standard InChI is InChI=1S/C7H10N2O2S/c8-5(2-7(10)11)4-1-6(9)12-3-4/h1,3,5H,2,8-9H2,(H,10,11)/t5-/m1/s1. The first-order valence-corrected chi connectivity index (χ1v) is 4.29. The van der Waals surface area contributed by atoms with Crippen molar-refractivity contribution in [2.24, 2.45) is 5.73 Å². The zero-order valence-corrected chi connectivity index (χ0v) is 7.17. The number of rotatable bonds is 3. The van der Waals surface area contributed by atoms with Crippen LogP contribution in [-0.4, -0.2) is 11.1 Å². The quantitative estimate of drug-likeness (QED) is 0.651. The molecule has 0 aromatic carbocycles. The van der Waals surface area contributed by atoms with E-state index in [1.807, 2.05) is 0 Å². The summed E-state index contributed by atoms with van der Waals surface area (Å²) in [5, 5.41) is 10.9. The first kappa shape index (κ1) is 9.02. The Labute approximate surface area is 73.8 Å². The van der Waals surface area contributed by atoms with E-state index in [0.717, 1.165) is 5.56 Å². The average Bonchev–Trinajstić information content (AvgIpc) is 2.34. The Balaban J connectivity index is 2.64. The van der Waals surface area contributed by atoms with Crippen molar-refractivity contribution in [3.8, 4) is 0 Å². The van der Waals surface area contributed by atoms with Gasteiger partial charge in [0.05, 0.1) is 11.4 Å². The van der Waals surface area contributed by atoms with Gasteiger partial charge in [-0.1, -0.05) is 0 Å². The molecule has 0 aliphatic carbocycles. The van der Waals surface area contributed by atoms with Crippen molar-refractivity contribution in [1.29, 1.82) is 0 Å². The predicted molar refractivity (Wildman–Crippen MR) is 47.9 cm³/mol. The van der Waals surface area contributed by atoms with Crippen molar-refractivity contribution >= 4 is 22.3 Å². The number of hydrogen-bond donors (Lipinski definition) is 3. The van der Waals surface area contributed by atoms with Gasteiger partial charge < -0.3 is 16.6 Å². The van der Waals surface area contributed by atoms with E-state index in [4.69, 9.17) is 16.6 Å². The maximum Gasteiger partial charge on any atom is 0.305 e. The second kappa shape index (κ2) is 3.55. The highest BCUT2D eigenvalue weighted by Crippen LogP contribution is 2.22. The largest absolute Gasteiger partial charge is 0.481 e. The van der Waals surface area contributed by atoms with Crippen LogP contribution in [-0.2, 0) is 4.79 Å². The number of anilines is 1. The van der Waals surface area contributed by atoms with Gasteiger partial charge in [0.1, 0.15) is 0 Å². The Morgan fingerprint density at radius 3 is 2.83 bits per heavy atom. The SMILES string of the molecule is Nc1cc([C@H](N)CC(=O)O)cs1. The molecule has 1 atom stereocenters. The van der Waals surface area contributed by atoms with Crippen molar-refractivity contribution in [2.75, 3.05) is 5.73 Å². The third-order valence-electron chi connectivity index (χ3n) is 1.46. The number of aliphatic carboxylic acids is 1. The maximum absolute atomic E-state index is 10.3. The van der Waals surface area contributed by atoms with Crippen molar-refractivity contribution in [3.05, 3.63) is 17.0 Å². The molecule has 1 aromatic rings. The monoisotopic (exact) mass is 186 g/mol. The molecule has 0 unspecified atom stereocenters. The van der Waals surface area contributed by atoms with Gasteiger partial charge >= 0.3 is 5.97 Å². The van der Waals surface area contributed by atoms with Crippen LogP contribution in [0.4, 0.5) is 5.00 Å². The van der Waals surface area contributed by atoms with E-state index < -0.39 is 12.0 Å². The molecule has 1 aromatic heterocycles. The Morgan fingerprint density at radius 1 is 1.75 bits per heavy atom. The Kier molecular flexibility index (Phi) is 2.67. The first-order chi connectivity index (χ1) is 5.59. The molecule has 12 heavy (non-hydrogen) atoms. The lowest BCUT2D eigenvalue weighted by molar-refractivity contribution is -0.137. The van der Waals surface area contributed by atoms with Gasteiger partial charge in [-0.2, -0.15) is 0 Å². The highest BCUT2D eigenvalue weighted by Gasteiger charge is 2.11. The second-order valence-electron chi connectivity index (χ2n) is 2.49. The lowest BCUT2D eigenvalue weighted by atomic mass is 10.1. The molecule has 0 aliphatic heterocycles. The number of carbonyl (C=O) groups is 1. The maximum atomic E-state index is 10.3. The van der Waals surface area contributed by atoms with Gasteiger partial charge in [-0.3, -0.25) is 4.79 Å². The molecular formula is C7H10N2O2S. The molecule has 0 amide bonds. The van der Waals surface area contributed by atoms with E-state index in [2.05, 4.69) is 0 Å². The van der Waals surface area contributed by atoms with Crippen LogP contribution in [0, 0.1) is 0 Å². The van der Waals surface area contributed by atoms with E-state index in [0.29, 0.717) is 5.00 Å². The van der Waals surface area contributed by atoms with Gasteiger partial charge in [-0.15, -0.1) is 11.3 Å². The van der Waals surface area contributed by atoms with Crippen molar-refractivity contribution in [3.63, 3.8) is 0 Å². The highest BCUT2D eigenvalue weighted by atomic mass is 32.1. The molecule has 0 bridgehead atoms. The molecule has 0 saturated carbocycles. The summed E-state index contributed by atoms with van der Waals surface area (Å²) < 4.78 is 0. The summed E-state index contributed by atoms with van der Waals surface area (Å²) in [7, 11) is 0. The highest BCUT2D eigenvalue weighted by molar-refractivity contribution is 7.14. The minimum absolute atomic E-state index is 0.0594. The molecule has 0 aliphatic rings. The summed E-state index contributed by atoms with van der Waals surface area (Å²) in [6.45, 7) is 0. The Hall–Kier alpha value is -1.07. The van der Waals surface area contributed by atoms with Gasteiger partial charge in [0, 0.05) is 6.04 Å². The number of carboxylic acids is 1. The number of carboxylic acid groups (broad SMARTS) is 1. The van der Waals surface area contributed by atoms with Gasteiger partial charge in [0.2, 0.25) is 0 Å². The van der Waals surface area contributed by atoms with Crippen LogP contribution in [0.15, 0.2) is 11.4 Å². The molecule has 0 radical (unpaired) electrons. The number of hydrogen-bond acceptors (Lipinski definition) is 4. The van der Waals surface area contributed by atoms with E-state index >= 15 is 0 Å². The molecule has 5 heteroatoms. The molecule has 0 fully saturated rings. The first-order valence-electron chi connectivity index (χ1n) is 3.41. The van der Waals surface area contributed by atoms with Crippen LogP contribution in [0.5, 0.6) is 0 Å². The van der Waals surface area contributed by atoms with Crippen LogP contribution >= 0.6 is 11.3 Å². The van der Waals surface area contributed by atoms with Crippen molar-refractivity contribution in [2.45, 2.75) is 12.5 Å². The molecule has 66 valence electrons. The van der Waals surface area contributed by atoms with Gasteiger partial charge in [-0.05, 0) is 17.0 Å². The summed E-state index contributed by atoms with van der Waals surface area (Å²) in [6, 6.07) is 1.26.